The van der Waals surface area contributed by atoms with Crippen molar-refractivity contribution in [2.24, 2.45) is 0 Å². The molecular formula is C14H24N4O. The maximum Gasteiger partial charge on any atom is 0.218 e. The van der Waals surface area contributed by atoms with Crippen LogP contribution >= 0.6 is 0 Å². The van der Waals surface area contributed by atoms with E-state index in [2.05, 4.69) is 34.2 Å². The minimum Gasteiger partial charge on any atom is -0.476 e. The molecule has 0 unspecified atom stereocenters. The largest absolute Gasteiger partial charge is 0.476 e. The quantitative estimate of drug-likeness (QED) is 0.777. The molecule has 0 aromatic carbocycles. The number of anilines is 1. The third-order valence-corrected chi connectivity index (χ3v) is 3.34. The zero-order valence-corrected chi connectivity index (χ0v) is 12.1. The number of likely N-dealkylation sites (N-methyl/N-ethyl adjacent to an activating group) is 1. The maximum atomic E-state index is 5.75. The Hall–Kier alpha value is -1.36. The molecule has 0 aliphatic heterocycles. The van der Waals surface area contributed by atoms with E-state index in [0.717, 1.165) is 37.1 Å². The number of aromatic nitrogens is 2. The summed E-state index contributed by atoms with van der Waals surface area (Å²) < 4.78 is 5.75. The monoisotopic (exact) mass is 264 g/mol. The number of hydrogen-bond acceptors (Lipinski definition) is 5. The first-order chi connectivity index (χ1) is 9.22. The molecule has 0 atom stereocenters. The first-order valence-corrected chi connectivity index (χ1v) is 7.11. The van der Waals surface area contributed by atoms with Crippen LogP contribution in [-0.2, 0) is 6.42 Å². The molecule has 1 aromatic heterocycles. The van der Waals surface area contributed by atoms with Gasteiger partial charge in [0.05, 0.1) is 0 Å². The summed E-state index contributed by atoms with van der Waals surface area (Å²) in [6, 6.07) is 2.63. The second kappa shape index (κ2) is 6.70. The lowest BCUT2D eigenvalue weighted by Crippen LogP contribution is -2.26. The fraction of sp³-hybridized carbons (Fsp3) is 0.714. The Kier molecular flexibility index (Phi) is 4.96. The predicted octanol–water partition coefficient (Wildman–Crippen LogP) is 1.94. The van der Waals surface area contributed by atoms with Crippen LogP contribution in [0, 0.1) is 0 Å². The Labute approximate surface area is 115 Å². The summed E-state index contributed by atoms with van der Waals surface area (Å²) >= 11 is 0. The van der Waals surface area contributed by atoms with Crippen molar-refractivity contribution < 1.29 is 4.74 Å². The van der Waals surface area contributed by atoms with E-state index >= 15 is 0 Å². The summed E-state index contributed by atoms with van der Waals surface area (Å²) in [4.78, 5) is 11.2. The molecule has 106 valence electrons. The first kappa shape index (κ1) is 14.1. The highest BCUT2D eigenvalue weighted by Crippen LogP contribution is 2.24. The van der Waals surface area contributed by atoms with Crippen molar-refractivity contribution in [1.29, 1.82) is 0 Å². The number of aryl methyl sites for hydroxylation is 1. The van der Waals surface area contributed by atoms with Gasteiger partial charge in [-0.2, -0.15) is 4.98 Å². The number of rotatable bonds is 8. The number of nitrogens with one attached hydrogen (secondary N) is 1. The molecule has 1 aliphatic rings. The number of ether oxygens (including phenoxy) is 1. The van der Waals surface area contributed by atoms with Gasteiger partial charge in [0.1, 0.15) is 18.2 Å². The third kappa shape index (κ3) is 4.35. The Morgan fingerprint density at radius 2 is 2.21 bits per heavy atom. The van der Waals surface area contributed by atoms with Crippen LogP contribution in [0.3, 0.4) is 0 Å². The highest BCUT2D eigenvalue weighted by atomic mass is 16.5. The van der Waals surface area contributed by atoms with Gasteiger partial charge in [0.25, 0.3) is 0 Å². The summed E-state index contributed by atoms with van der Waals surface area (Å²) in [6.07, 6.45) is 4.58. The van der Waals surface area contributed by atoms with E-state index in [-0.39, 0.29) is 0 Å². The lowest BCUT2D eigenvalue weighted by atomic mass is 10.3. The van der Waals surface area contributed by atoms with Gasteiger partial charge in [-0.25, -0.2) is 4.98 Å². The molecule has 1 fully saturated rings. The van der Waals surface area contributed by atoms with Crippen LogP contribution in [0.25, 0.3) is 0 Å². The lowest BCUT2D eigenvalue weighted by Gasteiger charge is -2.16. The van der Waals surface area contributed by atoms with Crippen molar-refractivity contribution in [2.75, 3.05) is 32.6 Å². The van der Waals surface area contributed by atoms with E-state index in [0.29, 0.717) is 12.5 Å². The second-order valence-electron chi connectivity index (χ2n) is 5.07. The lowest BCUT2D eigenvalue weighted by molar-refractivity contribution is 0.226. The Morgan fingerprint density at radius 1 is 1.42 bits per heavy atom. The van der Waals surface area contributed by atoms with E-state index in [9.17, 15) is 0 Å². The number of hydrogen-bond donors (Lipinski definition) is 1. The topological polar surface area (TPSA) is 50.3 Å². The molecule has 1 heterocycles. The van der Waals surface area contributed by atoms with Crippen LogP contribution in [0.15, 0.2) is 6.07 Å². The van der Waals surface area contributed by atoms with Crippen molar-refractivity contribution in [3.05, 3.63) is 11.9 Å². The van der Waals surface area contributed by atoms with Gasteiger partial charge in [-0.15, -0.1) is 0 Å². The molecule has 5 heteroatoms. The van der Waals surface area contributed by atoms with Crippen LogP contribution in [0.4, 0.5) is 5.82 Å². The molecule has 0 radical (unpaired) electrons. The highest BCUT2D eigenvalue weighted by Gasteiger charge is 2.25. The first-order valence-electron chi connectivity index (χ1n) is 7.11. The van der Waals surface area contributed by atoms with Crippen molar-refractivity contribution >= 4 is 5.82 Å². The summed E-state index contributed by atoms with van der Waals surface area (Å²) in [5, 5.41) is 3.05. The highest BCUT2D eigenvalue weighted by molar-refractivity contribution is 5.37. The van der Waals surface area contributed by atoms with E-state index in [1.54, 1.807) is 0 Å². The van der Waals surface area contributed by atoms with E-state index in [1.165, 1.54) is 12.8 Å². The van der Waals surface area contributed by atoms with Crippen molar-refractivity contribution in [3.63, 3.8) is 0 Å². The van der Waals surface area contributed by atoms with Gasteiger partial charge in [-0.3, -0.25) is 0 Å². The molecule has 1 aliphatic carbocycles. The fourth-order valence-electron chi connectivity index (χ4n) is 2.00. The summed E-state index contributed by atoms with van der Waals surface area (Å²) in [5.74, 6) is 2.34. The molecular weight excluding hydrogens is 240 g/mol. The molecule has 1 N–H and O–H groups in total. The zero-order chi connectivity index (χ0) is 13.7. The van der Waals surface area contributed by atoms with Crippen LogP contribution in [0.2, 0.25) is 0 Å². The van der Waals surface area contributed by atoms with E-state index in [1.807, 2.05) is 13.1 Å². The molecule has 1 saturated carbocycles. The van der Waals surface area contributed by atoms with Crippen molar-refractivity contribution in [3.8, 4) is 5.88 Å². The van der Waals surface area contributed by atoms with Gasteiger partial charge in [0, 0.05) is 32.1 Å². The smallest absolute Gasteiger partial charge is 0.218 e. The minimum absolute atomic E-state index is 0.673. The average Bonchev–Trinajstić information content (AvgIpc) is 3.23. The van der Waals surface area contributed by atoms with Crippen LogP contribution < -0.4 is 10.1 Å². The van der Waals surface area contributed by atoms with Gasteiger partial charge in [-0.05, 0) is 26.3 Å². The summed E-state index contributed by atoms with van der Waals surface area (Å²) in [6.45, 7) is 3.76. The van der Waals surface area contributed by atoms with Crippen molar-refractivity contribution in [2.45, 2.75) is 38.6 Å². The second-order valence-corrected chi connectivity index (χ2v) is 5.07. The molecule has 1 aromatic rings. The third-order valence-electron chi connectivity index (χ3n) is 3.34. The summed E-state index contributed by atoms with van der Waals surface area (Å²) in [7, 11) is 4.02. The van der Waals surface area contributed by atoms with Crippen LogP contribution in [0.1, 0.15) is 32.0 Å². The van der Waals surface area contributed by atoms with Gasteiger partial charge in [0.2, 0.25) is 5.88 Å². The Morgan fingerprint density at radius 3 is 2.84 bits per heavy atom. The molecule has 0 bridgehead atoms. The Bertz CT molecular complexity index is 406. The van der Waals surface area contributed by atoms with Gasteiger partial charge < -0.3 is 15.0 Å². The van der Waals surface area contributed by atoms with Crippen LogP contribution in [-0.4, -0.2) is 48.2 Å². The average molecular weight is 264 g/mol. The van der Waals surface area contributed by atoms with E-state index in [4.69, 9.17) is 4.74 Å². The maximum absolute atomic E-state index is 5.75. The SMILES string of the molecule is CCCc1nc(NC)cc(OCCN(C)C2CC2)n1. The minimum atomic E-state index is 0.673. The van der Waals surface area contributed by atoms with Gasteiger partial charge in [0.15, 0.2) is 0 Å². The van der Waals surface area contributed by atoms with Gasteiger partial charge in [-0.1, -0.05) is 6.92 Å². The van der Waals surface area contributed by atoms with Crippen LogP contribution in [0.5, 0.6) is 5.88 Å². The molecule has 5 nitrogen and oxygen atoms in total. The normalized spacial score (nSPS) is 14.7. The van der Waals surface area contributed by atoms with Crippen molar-refractivity contribution in [1.82, 2.24) is 14.9 Å². The molecule has 0 amide bonds. The molecule has 19 heavy (non-hydrogen) atoms. The number of nitrogens with zero attached hydrogens (tertiary/aromatic N) is 3. The molecule has 0 saturated heterocycles. The van der Waals surface area contributed by atoms with E-state index < -0.39 is 0 Å². The van der Waals surface area contributed by atoms with Gasteiger partial charge >= 0.3 is 0 Å². The zero-order valence-electron chi connectivity index (χ0n) is 12.1. The standard InChI is InChI=1S/C14H24N4O/c1-4-5-12-16-13(15-2)10-14(17-12)19-9-8-18(3)11-6-7-11/h10-11H,4-9H2,1-3H3,(H,15,16,17). The molecule has 0 spiro atoms. The molecule has 2 rings (SSSR count). The summed E-state index contributed by atoms with van der Waals surface area (Å²) in [5.41, 5.74) is 0. The Balaban J connectivity index is 1.88. The predicted molar refractivity (Wildman–Crippen MR) is 76.7 cm³/mol. The fourth-order valence-corrected chi connectivity index (χ4v) is 2.00.